The molecule has 2 aromatic carbocycles. The van der Waals surface area contributed by atoms with E-state index in [2.05, 4.69) is 4.90 Å². The van der Waals surface area contributed by atoms with E-state index >= 15 is 0 Å². The molecule has 2 aromatic rings. The van der Waals surface area contributed by atoms with E-state index < -0.39 is 17.7 Å². The topological polar surface area (TPSA) is 29.5 Å². The van der Waals surface area contributed by atoms with Gasteiger partial charge in [-0.05, 0) is 42.2 Å². The Balaban J connectivity index is 1.92. The molecule has 1 aliphatic heterocycles. The standard InChI is InChI=1S/C22H22F3NO2/c1-2-28-21(27)20-15-26(14-16-7-4-3-5-8-16)12-11-19(20)17-9-6-10-18(13-17)22(23,24)25/h3-10,13H,2,11-12,14-15H2,1H3. The molecule has 3 nitrogen and oxygen atoms in total. The summed E-state index contributed by atoms with van der Waals surface area (Å²) in [5.41, 5.74) is 1.90. The second-order valence-electron chi connectivity index (χ2n) is 6.70. The number of carbonyl (C=O) groups excluding carboxylic acids is 1. The van der Waals surface area contributed by atoms with E-state index in [0.29, 0.717) is 42.8 Å². The lowest BCUT2D eigenvalue weighted by molar-refractivity contribution is -0.139. The molecule has 1 aliphatic rings. The fourth-order valence-corrected chi connectivity index (χ4v) is 3.40. The molecule has 0 aliphatic carbocycles. The van der Waals surface area contributed by atoms with Crippen molar-refractivity contribution in [3.8, 4) is 0 Å². The summed E-state index contributed by atoms with van der Waals surface area (Å²) in [6.45, 7) is 3.60. The van der Waals surface area contributed by atoms with Gasteiger partial charge in [0.05, 0.1) is 17.7 Å². The molecule has 0 amide bonds. The van der Waals surface area contributed by atoms with Crippen LogP contribution in [0.1, 0.15) is 30.0 Å². The molecule has 0 saturated heterocycles. The van der Waals surface area contributed by atoms with E-state index in [1.54, 1.807) is 13.0 Å². The van der Waals surface area contributed by atoms with Gasteiger partial charge in [-0.15, -0.1) is 0 Å². The minimum absolute atomic E-state index is 0.219. The first-order chi connectivity index (χ1) is 13.4. The molecule has 3 rings (SSSR count). The first-order valence-corrected chi connectivity index (χ1v) is 9.21. The summed E-state index contributed by atoms with van der Waals surface area (Å²) in [5, 5.41) is 0. The third-order valence-corrected chi connectivity index (χ3v) is 4.73. The molecular formula is C22H22F3NO2. The van der Waals surface area contributed by atoms with E-state index in [-0.39, 0.29) is 6.61 Å². The largest absolute Gasteiger partial charge is 0.463 e. The van der Waals surface area contributed by atoms with E-state index in [4.69, 9.17) is 4.74 Å². The van der Waals surface area contributed by atoms with Crippen LogP contribution in [-0.2, 0) is 22.3 Å². The number of rotatable bonds is 5. The van der Waals surface area contributed by atoms with Crippen molar-refractivity contribution in [2.45, 2.75) is 26.1 Å². The molecule has 28 heavy (non-hydrogen) atoms. The van der Waals surface area contributed by atoms with Gasteiger partial charge in [0.25, 0.3) is 0 Å². The molecule has 0 N–H and O–H groups in total. The van der Waals surface area contributed by atoms with E-state index in [9.17, 15) is 18.0 Å². The fraction of sp³-hybridized carbons (Fsp3) is 0.318. The molecule has 0 saturated carbocycles. The molecule has 148 valence electrons. The Hall–Kier alpha value is -2.60. The van der Waals surface area contributed by atoms with Crippen LogP contribution in [0.2, 0.25) is 0 Å². The van der Waals surface area contributed by atoms with Gasteiger partial charge < -0.3 is 4.74 Å². The van der Waals surface area contributed by atoms with Crippen LogP contribution in [0.5, 0.6) is 0 Å². The fourth-order valence-electron chi connectivity index (χ4n) is 3.40. The van der Waals surface area contributed by atoms with Gasteiger partial charge in [-0.2, -0.15) is 13.2 Å². The predicted octanol–water partition coefficient (Wildman–Crippen LogP) is 4.93. The Morgan fingerprint density at radius 1 is 1.11 bits per heavy atom. The normalized spacial score (nSPS) is 15.6. The lowest BCUT2D eigenvalue weighted by Gasteiger charge is -2.30. The first-order valence-electron chi connectivity index (χ1n) is 9.21. The first kappa shape index (κ1) is 20.1. The van der Waals surface area contributed by atoms with Crippen LogP contribution in [0.15, 0.2) is 60.2 Å². The van der Waals surface area contributed by atoms with E-state index in [0.717, 1.165) is 17.7 Å². The van der Waals surface area contributed by atoms with Crippen molar-refractivity contribution in [1.29, 1.82) is 0 Å². The molecule has 0 fully saturated rings. The lowest BCUT2D eigenvalue weighted by atomic mass is 9.92. The SMILES string of the molecule is CCOC(=O)C1=C(c2cccc(C(F)(F)F)c2)CCN(Cc2ccccc2)C1. The highest BCUT2D eigenvalue weighted by Crippen LogP contribution is 2.34. The minimum atomic E-state index is -4.42. The van der Waals surface area contributed by atoms with Crippen LogP contribution in [0.4, 0.5) is 13.2 Å². The lowest BCUT2D eigenvalue weighted by Crippen LogP contribution is -2.34. The predicted molar refractivity (Wildman–Crippen MR) is 101 cm³/mol. The smallest absolute Gasteiger partial charge is 0.416 e. The second kappa shape index (κ2) is 8.61. The summed E-state index contributed by atoms with van der Waals surface area (Å²) >= 11 is 0. The monoisotopic (exact) mass is 389 g/mol. The third kappa shape index (κ3) is 4.81. The average molecular weight is 389 g/mol. The van der Waals surface area contributed by atoms with Gasteiger partial charge in [0.1, 0.15) is 0 Å². The van der Waals surface area contributed by atoms with Gasteiger partial charge >= 0.3 is 12.1 Å². The number of benzene rings is 2. The van der Waals surface area contributed by atoms with Crippen molar-refractivity contribution >= 4 is 11.5 Å². The Morgan fingerprint density at radius 3 is 2.54 bits per heavy atom. The number of carbonyl (C=O) groups is 1. The van der Waals surface area contributed by atoms with Crippen LogP contribution in [0.25, 0.3) is 5.57 Å². The number of hydrogen-bond donors (Lipinski definition) is 0. The number of nitrogens with zero attached hydrogens (tertiary/aromatic N) is 1. The number of esters is 1. The maximum Gasteiger partial charge on any atom is 0.416 e. The van der Waals surface area contributed by atoms with Crippen molar-refractivity contribution in [2.75, 3.05) is 19.7 Å². The maximum atomic E-state index is 13.1. The Bertz CT molecular complexity index is 860. The molecule has 1 heterocycles. The van der Waals surface area contributed by atoms with E-state index in [1.165, 1.54) is 6.07 Å². The molecule has 0 unspecified atom stereocenters. The molecule has 0 bridgehead atoms. The molecule has 0 atom stereocenters. The van der Waals surface area contributed by atoms with Crippen molar-refractivity contribution in [3.05, 3.63) is 76.9 Å². The number of hydrogen-bond acceptors (Lipinski definition) is 3. The Kier molecular flexibility index (Phi) is 6.19. The molecule has 0 radical (unpaired) electrons. The molecular weight excluding hydrogens is 367 g/mol. The summed E-state index contributed by atoms with van der Waals surface area (Å²) in [4.78, 5) is 14.6. The van der Waals surface area contributed by atoms with Crippen molar-refractivity contribution in [3.63, 3.8) is 0 Å². The van der Waals surface area contributed by atoms with Gasteiger partial charge in [0.2, 0.25) is 0 Å². The molecule has 6 heteroatoms. The summed E-state index contributed by atoms with van der Waals surface area (Å²) in [6, 6.07) is 15.0. The highest BCUT2D eigenvalue weighted by molar-refractivity contribution is 5.98. The van der Waals surface area contributed by atoms with Gasteiger partial charge in [-0.1, -0.05) is 42.5 Å². The Morgan fingerprint density at radius 2 is 1.86 bits per heavy atom. The number of halogens is 3. The zero-order valence-electron chi connectivity index (χ0n) is 15.6. The van der Waals surface area contributed by atoms with Crippen LogP contribution in [0, 0.1) is 0 Å². The summed E-state index contributed by atoms with van der Waals surface area (Å²) in [7, 11) is 0. The molecule has 0 spiro atoms. The van der Waals surface area contributed by atoms with Crippen LogP contribution >= 0.6 is 0 Å². The highest BCUT2D eigenvalue weighted by atomic mass is 19.4. The van der Waals surface area contributed by atoms with Crippen LogP contribution in [0.3, 0.4) is 0 Å². The zero-order chi connectivity index (χ0) is 20.1. The van der Waals surface area contributed by atoms with Crippen molar-refractivity contribution in [2.24, 2.45) is 0 Å². The van der Waals surface area contributed by atoms with Gasteiger partial charge in [-0.3, -0.25) is 4.90 Å². The summed E-state index contributed by atoms with van der Waals surface area (Å²) in [5.74, 6) is -0.465. The summed E-state index contributed by atoms with van der Waals surface area (Å²) in [6.07, 6.45) is -3.93. The van der Waals surface area contributed by atoms with Crippen molar-refractivity contribution < 1.29 is 22.7 Å². The zero-order valence-corrected chi connectivity index (χ0v) is 15.6. The van der Waals surface area contributed by atoms with Gasteiger partial charge in [-0.25, -0.2) is 4.79 Å². The number of ether oxygens (including phenoxy) is 1. The van der Waals surface area contributed by atoms with Gasteiger partial charge in [0.15, 0.2) is 0 Å². The van der Waals surface area contributed by atoms with Crippen molar-refractivity contribution in [1.82, 2.24) is 4.90 Å². The Labute approximate surface area is 162 Å². The maximum absolute atomic E-state index is 13.1. The minimum Gasteiger partial charge on any atom is -0.463 e. The van der Waals surface area contributed by atoms with Crippen LogP contribution < -0.4 is 0 Å². The highest BCUT2D eigenvalue weighted by Gasteiger charge is 2.32. The quantitative estimate of drug-likeness (QED) is 0.680. The van der Waals surface area contributed by atoms with Gasteiger partial charge in [0, 0.05) is 19.6 Å². The van der Waals surface area contributed by atoms with E-state index in [1.807, 2.05) is 30.3 Å². The summed E-state index contributed by atoms with van der Waals surface area (Å²) < 4.78 is 44.5. The number of alkyl halides is 3. The average Bonchev–Trinajstić information content (AvgIpc) is 2.68. The van der Waals surface area contributed by atoms with Crippen LogP contribution in [-0.4, -0.2) is 30.6 Å². The second-order valence-corrected chi connectivity index (χ2v) is 6.70. The third-order valence-electron chi connectivity index (χ3n) is 4.73. The molecule has 0 aromatic heterocycles.